The van der Waals surface area contributed by atoms with Gasteiger partial charge in [0.15, 0.2) is 0 Å². The Morgan fingerprint density at radius 3 is 2.71 bits per heavy atom. The molecule has 7 nitrogen and oxygen atoms in total. The van der Waals surface area contributed by atoms with Gasteiger partial charge >= 0.3 is 0 Å². The lowest BCUT2D eigenvalue weighted by molar-refractivity contribution is -0.118. The van der Waals surface area contributed by atoms with E-state index in [2.05, 4.69) is 10.2 Å². The fourth-order valence-corrected chi connectivity index (χ4v) is 1.43. The summed E-state index contributed by atoms with van der Waals surface area (Å²) in [7, 11) is 0. The minimum atomic E-state index is -0.545. The standard InChI is InChI=1S/C10H17N5O2/c1-2-3-4-15(6-8(11)16)10(17)7-5-13-14-9(7)12/h5H,2-4,6H2,1H3,(H2,11,16)(H3,12,13,14). The van der Waals surface area contributed by atoms with Crippen molar-refractivity contribution in [3.8, 4) is 0 Å². The fraction of sp³-hybridized carbons (Fsp3) is 0.500. The smallest absolute Gasteiger partial charge is 0.259 e. The van der Waals surface area contributed by atoms with Gasteiger partial charge in [-0.15, -0.1) is 0 Å². The van der Waals surface area contributed by atoms with Gasteiger partial charge in [-0.2, -0.15) is 5.10 Å². The summed E-state index contributed by atoms with van der Waals surface area (Å²) in [5, 5.41) is 6.15. The van der Waals surface area contributed by atoms with Crippen LogP contribution < -0.4 is 11.5 Å². The van der Waals surface area contributed by atoms with Crippen LogP contribution in [0.2, 0.25) is 0 Å². The number of anilines is 1. The molecule has 0 aliphatic carbocycles. The van der Waals surface area contributed by atoms with Gasteiger partial charge in [-0.1, -0.05) is 13.3 Å². The lowest BCUT2D eigenvalue weighted by atomic mass is 10.2. The van der Waals surface area contributed by atoms with E-state index in [4.69, 9.17) is 11.5 Å². The zero-order valence-corrected chi connectivity index (χ0v) is 9.77. The maximum Gasteiger partial charge on any atom is 0.259 e. The number of nitrogens with one attached hydrogen (secondary N) is 1. The van der Waals surface area contributed by atoms with Crippen LogP contribution in [0.15, 0.2) is 6.20 Å². The molecule has 17 heavy (non-hydrogen) atoms. The number of amides is 2. The zero-order valence-electron chi connectivity index (χ0n) is 9.77. The lowest BCUT2D eigenvalue weighted by Crippen LogP contribution is -2.39. The van der Waals surface area contributed by atoms with E-state index in [1.165, 1.54) is 11.1 Å². The highest BCUT2D eigenvalue weighted by atomic mass is 16.2. The van der Waals surface area contributed by atoms with Crippen LogP contribution in [0, 0.1) is 0 Å². The number of aromatic nitrogens is 2. The van der Waals surface area contributed by atoms with Gasteiger partial charge < -0.3 is 16.4 Å². The minimum absolute atomic E-state index is 0.108. The van der Waals surface area contributed by atoms with Gasteiger partial charge in [-0.25, -0.2) is 0 Å². The van der Waals surface area contributed by atoms with Crippen molar-refractivity contribution in [3.05, 3.63) is 11.8 Å². The van der Waals surface area contributed by atoms with Crippen molar-refractivity contribution in [2.24, 2.45) is 5.73 Å². The molecule has 7 heteroatoms. The van der Waals surface area contributed by atoms with Gasteiger partial charge in [0.05, 0.1) is 12.7 Å². The molecule has 0 unspecified atom stereocenters. The fourth-order valence-electron chi connectivity index (χ4n) is 1.43. The number of hydrogen-bond acceptors (Lipinski definition) is 4. The first-order chi connectivity index (χ1) is 8.06. The van der Waals surface area contributed by atoms with Crippen molar-refractivity contribution in [3.63, 3.8) is 0 Å². The minimum Gasteiger partial charge on any atom is -0.383 e. The molecule has 1 aromatic rings. The molecule has 0 radical (unpaired) electrons. The average molecular weight is 239 g/mol. The molecule has 0 aliphatic heterocycles. The van der Waals surface area contributed by atoms with E-state index < -0.39 is 5.91 Å². The number of nitrogens with zero attached hydrogens (tertiary/aromatic N) is 2. The van der Waals surface area contributed by atoms with Crippen LogP contribution in [0.1, 0.15) is 30.1 Å². The highest BCUT2D eigenvalue weighted by Crippen LogP contribution is 2.10. The molecule has 0 saturated heterocycles. The molecule has 0 aromatic carbocycles. The molecule has 1 heterocycles. The maximum absolute atomic E-state index is 12.0. The molecule has 0 bridgehead atoms. The van der Waals surface area contributed by atoms with E-state index in [-0.39, 0.29) is 23.8 Å². The highest BCUT2D eigenvalue weighted by molar-refractivity contribution is 5.99. The van der Waals surface area contributed by atoms with Crippen molar-refractivity contribution in [2.75, 3.05) is 18.8 Å². The van der Waals surface area contributed by atoms with Crippen LogP contribution in [0.5, 0.6) is 0 Å². The quantitative estimate of drug-likeness (QED) is 0.632. The van der Waals surface area contributed by atoms with Crippen LogP contribution in [-0.4, -0.2) is 40.0 Å². The summed E-state index contributed by atoms with van der Waals surface area (Å²) in [6, 6.07) is 0. The number of primary amides is 1. The number of nitrogens with two attached hydrogens (primary N) is 2. The molecule has 1 aromatic heterocycles. The molecule has 5 N–H and O–H groups in total. The summed E-state index contributed by atoms with van der Waals surface area (Å²) in [5.41, 5.74) is 10.9. The Hall–Kier alpha value is -2.05. The van der Waals surface area contributed by atoms with Crippen LogP contribution in [0.25, 0.3) is 0 Å². The number of aromatic amines is 1. The molecule has 0 atom stereocenters. The highest BCUT2D eigenvalue weighted by Gasteiger charge is 2.20. The third-order valence-electron chi connectivity index (χ3n) is 2.31. The first-order valence-corrected chi connectivity index (χ1v) is 5.42. The average Bonchev–Trinajstić information content (AvgIpc) is 2.69. The SMILES string of the molecule is CCCCN(CC(N)=O)C(=O)c1cn[nH]c1N. The summed E-state index contributed by atoms with van der Waals surface area (Å²) in [6.45, 7) is 2.37. The predicted molar refractivity (Wildman–Crippen MR) is 63.0 cm³/mol. The topological polar surface area (TPSA) is 118 Å². The monoisotopic (exact) mass is 239 g/mol. The molecule has 0 aliphatic rings. The first kappa shape index (κ1) is 13.0. The summed E-state index contributed by atoms with van der Waals surface area (Å²) < 4.78 is 0. The number of carbonyl (C=O) groups excluding carboxylic acids is 2. The number of hydrogen-bond donors (Lipinski definition) is 3. The van der Waals surface area contributed by atoms with E-state index in [9.17, 15) is 9.59 Å². The number of carbonyl (C=O) groups is 2. The van der Waals surface area contributed by atoms with Gasteiger partial charge in [-0.05, 0) is 6.42 Å². The Balaban J connectivity index is 2.78. The summed E-state index contributed by atoms with van der Waals surface area (Å²) >= 11 is 0. The lowest BCUT2D eigenvalue weighted by Gasteiger charge is -2.20. The predicted octanol–water partition coefficient (Wildman–Crippen LogP) is -0.280. The van der Waals surface area contributed by atoms with E-state index in [0.29, 0.717) is 6.54 Å². The van der Waals surface area contributed by atoms with E-state index >= 15 is 0 Å². The van der Waals surface area contributed by atoms with Crippen molar-refractivity contribution in [1.82, 2.24) is 15.1 Å². The van der Waals surface area contributed by atoms with Gasteiger partial charge in [0.25, 0.3) is 5.91 Å². The van der Waals surface area contributed by atoms with Crippen molar-refractivity contribution >= 4 is 17.6 Å². The Morgan fingerprint density at radius 2 is 2.24 bits per heavy atom. The maximum atomic E-state index is 12.0. The second kappa shape index (κ2) is 5.88. The van der Waals surface area contributed by atoms with E-state index in [0.717, 1.165) is 12.8 Å². The van der Waals surface area contributed by atoms with Gasteiger partial charge in [0, 0.05) is 6.54 Å². The molecule has 0 fully saturated rings. The third kappa shape index (κ3) is 3.47. The molecule has 2 amide bonds. The van der Waals surface area contributed by atoms with E-state index in [1.807, 2.05) is 6.92 Å². The molecule has 0 spiro atoms. The first-order valence-electron chi connectivity index (χ1n) is 5.42. The molecule has 1 rings (SSSR count). The molecule has 0 saturated carbocycles. The van der Waals surface area contributed by atoms with Crippen LogP contribution in [0.3, 0.4) is 0 Å². The Labute approximate surface area is 99.1 Å². The van der Waals surface area contributed by atoms with Crippen molar-refractivity contribution in [2.45, 2.75) is 19.8 Å². The van der Waals surface area contributed by atoms with E-state index in [1.54, 1.807) is 0 Å². The van der Waals surface area contributed by atoms with Crippen molar-refractivity contribution in [1.29, 1.82) is 0 Å². The molecular formula is C10H17N5O2. The van der Waals surface area contributed by atoms with Crippen LogP contribution in [-0.2, 0) is 4.79 Å². The number of nitrogen functional groups attached to an aromatic ring is 1. The van der Waals surface area contributed by atoms with Crippen LogP contribution in [0.4, 0.5) is 5.82 Å². The largest absolute Gasteiger partial charge is 0.383 e. The third-order valence-corrected chi connectivity index (χ3v) is 2.31. The number of H-pyrrole nitrogens is 1. The Kier molecular flexibility index (Phi) is 4.50. The summed E-state index contributed by atoms with van der Waals surface area (Å²) in [4.78, 5) is 24.3. The molecular weight excluding hydrogens is 222 g/mol. The Morgan fingerprint density at radius 1 is 1.53 bits per heavy atom. The zero-order chi connectivity index (χ0) is 12.8. The summed E-state index contributed by atoms with van der Waals surface area (Å²) in [6.07, 6.45) is 3.07. The number of rotatable bonds is 6. The van der Waals surface area contributed by atoms with Crippen molar-refractivity contribution < 1.29 is 9.59 Å². The van der Waals surface area contributed by atoms with Gasteiger partial charge in [0.1, 0.15) is 11.4 Å². The summed E-state index contributed by atoms with van der Waals surface area (Å²) in [5.74, 6) is -0.680. The van der Waals surface area contributed by atoms with Gasteiger partial charge in [-0.3, -0.25) is 14.7 Å². The van der Waals surface area contributed by atoms with Crippen LogP contribution >= 0.6 is 0 Å². The second-order valence-corrected chi connectivity index (χ2v) is 3.74. The number of unbranched alkanes of at least 4 members (excludes halogenated alkanes) is 1. The Bertz CT molecular complexity index is 401. The molecule has 94 valence electrons. The normalized spacial score (nSPS) is 10.2. The second-order valence-electron chi connectivity index (χ2n) is 3.74. The van der Waals surface area contributed by atoms with Gasteiger partial charge in [0.2, 0.25) is 5.91 Å².